The Hall–Kier alpha value is -1.96. The van der Waals surface area contributed by atoms with Crippen LogP contribution in [0.1, 0.15) is 37.5 Å². The van der Waals surface area contributed by atoms with E-state index in [-0.39, 0.29) is 0 Å². The van der Waals surface area contributed by atoms with Gasteiger partial charge in [-0.25, -0.2) is 0 Å². The Morgan fingerprint density at radius 3 is 2.14 bits per heavy atom. The summed E-state index contributed by atoms with van der Waals surface area (Å²) in [5.74, 6) is 0. The Kier molecular flexibility index (Phi) is 4.56. The van der Waals surface area contributed by atoms with Crippen molar-refractivity contribution in [3.05, 3.63) is 59.2 Å². The fourth-order valence-corrected chi connectivity index (χ4v) is 2.23. The zero-order valence-electron chi connectivity index (χ0n) is 13.6. The van der Waals surface area contributed by atoms with Crippen LogP contribution in [-0.4, -0.2) is 0 Å². The molecule has 0 saturated heterocycles. The predicted octanol–water partition coefficient (Wildman–Crippen LogP) is 6.31. The van der Waals surface area contributed by atoms with Gasteiger partial charge in [0.15, 0.2) is 0 Å². The SMILES string of the molecule is Cc1ccc(C)c(/N=N/c2ccc(CC(C)(C)C)cc2)c1. The second-order valence-corrected chi connectivity index (χ2v) is 6.89. The third kappa shape index (κ3) is 4.82. The molecule has 0 amide bonds. The minimum atomic E-state index is 0.307. The van der Waals surface area contributed by atoms with Gasteiger partial charge in [0.2, 0.25) is 0 Å². The fourth-order valence-electron chi connectivity index (χ4n) is 2.23. The van der Waals surface area contributed by atoms with Crippen molar-refractivity contribution in [1.82, 2.24) is 0 Å². The molecule has 0 N–H and O–H groups in total. The summed E-state index contributed by atoms with van der Waals surface area (Å²) in [7, 11) is 0. The molecule has 2 heteroatoms. The van der Waals surface area contributed by atoms with E-state index in [0.717, 1.165) is 23.4 Å². The Bertz CT molecular complexity index is 632. The molecule has 0 atom stereocenters. The molecule has 2 nitrogen and oxygen atoms in total. The number of benzene rings is 2. The van der Waals surface area contributed by atoms with E-state index in [2.05, 4.69) is 75.2 Å². The average Bonchev–Trinajstić information content (AvgIpc) is 2.40. The summed E-state index contributed by atoms with van der Waals surface area (Å²) >= 11 is 0. The molecule has 0 saturated carbocycles. The summed E-state index contributed by atoms with van der Waals surface area (Å²) in [5, 5.41) is 8.71. The minimum Gasteiger partial charge on any atom is -0.151 e. The van der Waals surface area contributed by atoms with Crippen molar-refractivity contribution >= 4 is 11.4 Å². The summed E-state index contributed by atoms with van der Waals surface area (Å²) in [4.78, 5) is 0. The van der Waals surface area contributed by atoms with Crippen LogP contribution in [0, 0.1) is 19.3 Å². The normalized spacial score (nSPS) is 12.0. The van der Waals surface area contributed by atoms with Gasteiger partial charge in [0.05, 0.1) is 11.4 Å². The highest BCUT2D eigenvalue weighted by Gasteiger charge is 2.10. The Morgan fingerprint density at radius 2 is 1.52 bits per heavy atom. The monoisotopic (exact) mass is 280 g/mol. The van der Waals surface area contributed by atoms with Crippen LogP contribution in [0.5, 0.6) is 0 Å². The van der Waals surface area contributed by atoms with Crippen molar-refractivity contribution in [2.24, 2.45) is 15.6 Å². The van der Waals surface area contributed by atoms with Crippen LogP contribution in [0.2, 0.25) is 0 Å². The van der Waals surface area contributed by atoms with Crippen LogP contribution in [0.25, 0.3) is 0 Å². The lowest BCUT2D eigenvalue weighted by Crippen LogP contribution is -2.08. The largest absolute Gasteiger partial charge is 0.151 e. The predicted molar refractivity (Wildman–Crippen MR) is 89.7 cm³/mol. The maximum Gasteiger partial charge on any atom is 0.0888 e. The van der Waals surface area contributed by atoms with Crippen LogP contribution in [0.4, 0.5) is 11.4 Å². The molecule has 110 valence electrons. The van der Waals surface area contributed by atoms with Crippen molar-refractivity contribution < 1.29 is 0 Å². The molecule has 0 aromatic heterocycles. The van der Waals surface area contributed by atoms with Gasteiger partial charge in [-0.1, -0.05) is 45.0 Å². The molecule has 0 aliphatic heterocycles. The second-order valence-electron chi connectivity index (χ2n) is 6.89. The Balaban J connectivity index is 2.13. The van der Waals surface area contributed by atoms with E-state index in [4.69, 9.17) is 0 Å². The molecule has 2 aromatic rings. The van der Waals surface area contributed by atoms with E-state index in [0.29, 0.717) is 5.41 Å². The highest BCUT2D eigenvalue weighted by Crippen LogP contribution is 2.25. The van der Waals surface area contributed by atoms with Gasteiger partial charge in [-0.05, 0) is 60.6 Å². The molecule has 0 heterocycles. The van der Waals surface area contributed by atoms with Crippen LogP contribution in [0.15, 0.2) is 52.7 Å². The molecule has 0 bridgehead atoms. The zero-order valence-corrected chi connectivity index (χ0v) is 13.6. The van der Waals surface area contributed by atoms with Crippen molar-refractivity contribution in [2.45, 2.75) is 41.0 Å². The number of hydrogen-bond acceptors (Lipinski definition) is 2. The summed E-state index contributed by atoms with van der Waals surface area (Å²) in [5.41, 5.74) is 5.83. The van der Waals surface area contributed by atoms with Crippen molar-refractivity contribution in [2.75, 3.05) is 0 Å². The number of rotatable bonds is 3. The van der Waals surface area contributed by atoms with Gasteiger partial charge in [0.1, 0.15) is 0 Å². The van der Waals surface area contributed by atoms with E-state index in [1.54, 1.807) is 0 Å². The molecular weight excluding hydrogens is 256 g/mol. The van der Waals surface area contributed by atoms with Gasteiger partial charge in [0, 0.05) is 0 Å². The van der Waals surface area contributed by atoms with E-state index < -0.39 is 0 Å². The van der Waals surface area contributed by atoms with Crippen LogP contribution in [0.3, 0.4) is 0 Å². The molecule has 0 radical (unpaired) electrons. The third-order valence-electron chi connectivity index (χ3n) is 3.31. The van der Waals surface area contributed by atoms with Gasteiger partial charge < -0.3 is 0 Å². The van der Waals surface area contributed by atoms with Gasteiger partial charge in [0.25, 0.3) is 0 Å². The average molecular weight is 280 g/mol. The van der Waals surface area contributed by atoms with Gasteiger partial charge in [-0.15, -0.1) is 0 Å². The summed E-state index contributed by atoms with van der Waals surface area (Å²) in [6.07, 6.45) is 1.07. The van der Waals surface area contributed by atoms with E-state index in [1.807, 2.05) is 12.1 Å². The molecule has 0 aliphatic carbocycles. The maximum absolute atomic E-state index is 4.37. The van der Waals surface area contributed by atoms with E-state index >= 15 is 0 Å². The van der Waals surface area contributed by atoms with Crippen LogP contribution in [-0.2, 0) is 6.42 Å². The lowest BCUT2D eigenvalue weighted by Gasteiger charge is -2.17. The third-order valence-corrected chi connectivity index (χ3v) is 3.31. The Morgan fingerprint density at radius 1 is 0.857 bits per heavy atom. The van der Waals surface area contributed by atoms with Gasteiger partial charge in [-0.2, -0.15) is 10.2 Å². The molecule has 0 unspecified atom stereocenters. The number of hydrogen-bond donors (Lipinski definition) is 0. The highest BCUT2D eigenvalue weighted by atomic mass is 15.1. The van der Waals surface area contributed by atoms with E-state index in [9.17, 15) is 0 Å². The summed E-state index contributed by atoms with van der Waals surface area (Å²) in [6.45, 7) is 10.9. The fraction of sp³-hybridized carbons (Fsp3) is 0.368. The molecule has 2 rings (SSSR count). The smallest absolute Gasteiger partial charge is 0.0888 e. The summed E-state index contributed by atoms with van der Waals surface area (Å²) in [6, 6.07) is 14.6. The Labute approximate surface area is 127 Å². The lowest BCUT2D eigenvalue weighted by atomic mass is 9.88. The molecule has 2 aromatic carbocycles. The molecular formula is C19H24N2. The van der Waals surface area contributed by atoms with Gasteiger partial charge >= 0.3 is 0 Å². The first-order valence-electron chi connectivity index (χ1n) is 7.41. The van der Waals surface area contributed by atoms with Crippen molar-refractivity contribution in [3.63, 3.8) is 0 Å². The quantitative estimate of drug-likeness (QED) is 0.589. The standard InChI is InChI=1S/C19H24N2/c1-14-6-7-15(2)18(12-14)21-20-17-10-8-16(9-11-17)13-19(3,4)5/h6-12H,13H2,1-5H3/b21-20+. The minimum absolute atomic E-state index is 0.307. The first kappa shape index (κ1) is 15.4. The molecule has 21 heavy (non-hydrogen) atoms. The second kappa shape index (κ2) is 6.21. The molecule has 0 aliphatic rings. The molecule has 0 fully saturated rings. The van der Waals surface area contributed by atoms with Crippen LogP contribution >= 0.6 is 0 Å². The topological polar surface area (TPSA) is 24.7 Å². The number of aryl methyl sites for hydroxylation is 2. The highest BCUT2D eigenvalue weighted by molar-refractivity contribution is 5.48. The van der Waals surface area contributed by atoms with E-state index in [1.165, 1.54) is 11.1 Å². The van der Waals surface area contributed by atoms with Crippen LogP contribution < -0.4 is 0 Å². The summed E-state index contributed by atoms with van der Waals surface area (Å²) < 4.78 is 0. The maximum atomic E-state index is 4.37. The molecule has 0 spiro atoms. The zero-order chi connectivity index (χ0) is 15.5. The first-order valence-corrected chi connectivity index (χ1v) is 7.41. The van der Waals surface area contributed by atoms with Gasteiger partial charge in [-0.3, -0.25) is 0 Å². The first-order chi connectivity index (χ1) is 9.83. The number of nitrogens with zero attached hydrogens (tertiary/aromatic N) is 2. The van der Waals surface area contributed by atoms with Crippen molar-refractivity contribution in [3.8, 4) is 0 Å². The van der Waals surface area contributed by atoms with Crippen molar-refractivity contribution in [1.29, 1.82) is 0 Å². The lowest BCUT2D eigenvalue weighted by molar-refractivity contribution is 0.411. The number of azo groups is 1.